The Kier molecular flexibility index (Phi) is 10.5. The molecular weight excluding hydrogens is 518 g/mol. The van der Waals surface area contributed by atoms with Crippen LogP contribution in [0.5, 0.6) is 0 Å². The van der Waals surface area contributed by atoms with Crippen LogP contribution in [0.25, 0.3) is 0 Å². The topological polar surface area (TPSA) is 49.3 Å². The minimum absolute atomic E-state index is 0. The maximum Gasteiger partial charge on any atom is 0.191 e. The second-order valence-corrected chi connectivity index (χ2v) is 7.47. The number of aromatic nitrogens is 1. The molecule has 2 aromatic rings. The van der Waals surface area contributed by atoms with Crippen LogP contribution in [-0.4, -0.2) is 30.6 Å². The Morgan fingerprint density at radius 1 is 1.32 bits per heavy atom. The van der Waals surface area contributed by atoms with E-state index in [9.17, 15) is 4.39 Å². The fourth-order valence-corrected chi connectivity index (χ4v) is 3.34. The molecule has 0 spiro atoms. The van der Waals surface area contributed by atoms with Crippen LogP contribution in [0.15, 0.2) is 33.9 Å². The summed E-state index contributed by atoms with van der Waals surface area (Å²) >= 11 is 4.93. The highest BCUT2D eigenvalue weighted by Crippen LogP contribution is 2.16. The molecule has 25 heavy (non-hydrogen) atoms. The molecule has 0 radical (unpaired) electrons. The summed E-state index contributed by atoms with van der Waals surface area (Å²) < 4.78 is 13.7. The van der Waals surface area contributed by atoms with Gasteiger partial charge in [-0.15, -0.1) is 35.3 Å². The average molecular weight is 541 g/mol. The predicted octanol–water partition coefficient (Wildman–Crippen LogP) is 4.31. The van der Waals surface area contributed by atoms with E-state index in [1.165, 1.54) is 10.9 Å². The SMILES string of the molecule is CCNC(=NCCc1ncc(C)s1)NCCc1ccc(F)c(Br)c1.I. The van der Waals surface area contributed by atoms with Gasteiger partial charge in [0.15, 0.2) is 5.96 Å². The van der Waals surface area contributed by atoms with E-state index in [1.54, 1.807) is 17.4 Å². The predicted molar refractivity (Wildman–Crippen MR) is 118 cm³/mol. The van der Waals surface area contributed by atoms with E-state index in [2.05, 4.69) is 43.5 Å². The van der Waals surface area contributed by atoms with Crippen LogP contribution in [0, 0.1) is 12.7 Å². The molecule has 2 rings (SSSR count). The van der Waals surface area contributed by atoms with Crippen LogP contribution in [-0.2, 0) is 12.8 Å². The molecule has 4 nitrogen and oxygen atoms in total. The number of halogens is 3. The van der Waals surface area contributed by atoms with E-state index in [0.717, 1.165) is 42.5 Å². The molecule has 1 heterocycles. The number of nitrogens with one attached hydrogen (secondary N) is 2. The van der Waals surface area contributed by atoms with Gasteiger partial charge in [-0.3, -0.25) is 4.99 Å². The van der Waals surface area contributed by atoms with Crippen molar-refractivity contribution in [2.24, 2.45) is 4.99 Å². The molecule has 0 aliphatic carbocycles. The Hall–Kier alpha value is -0.740. The molecule has 2 N–H and O–H groups in total. The smallest absolute Gasteiger partial charge is 0.191 e. The maximum atomic E-state index is 13.2. The number of aliphatic imine (C=N–C) groups is 1. The molecule has 0 unspecified atom stereocenters. The summed E-state index contributed by atoms with van der Waals surface area (Å²) in [6.45, 7) is 6.34. The van der Waals surface area contributed by atoms with Crippen LogP contribution >= 0.6 is 51.2 Å². The van der Waals surface area contributed by atoms with Crippen LogP contribution in [0.4, 0.5) is 4.39 Å². The standard InChI is InChI=1S/C17H22BrFN4S.HI/c1-3-20-17(22-9-7-16-23-11-12(2)24-16)21-8-6-13-4-5-15(19)14(18)10-13;/h4-5,10-11H,3,6-9H2,1-2H3,(H2,20,21,22);1H. The normalized spacial score (nSPS) is 11.1. The van der Waals surface area contributed by atoms with Gasteiger partial charge in [0.1, 0.15) is 5.82 Å². The first-order chi connectivity index (χ1) is 11.6. The van der Waals surface area contributed by atoms with Crippen molar-refractivity contribution in [1.82, 2.24) is 15.6 Å². The molecule has 0 saturated carbocycles. The molecule has 0 aliphatic heterocycles. The average Bonchev–Trinajstić information content (AvgIpc) is 2.96. The van der Waals surface area contributed by atoms with Gasteiger partial charge in [-0.2, -0.15) is 0 Å². The lowest BCUT2D eigenvalue weighted by Crippen LogP contribution is -2.38. The summed E-state index contributed by atoms with van der Waals surface area (Å²) in [7, 11) is 0. The monoisotopic (exact) mass is 540 g/mol. The first-order valence-corrected chi connectivity index (χ1v) is 9.57. The minimum atomic E-state index is -0.237. The third kappa shape index (κ3) is 8.00. The number of rotatable bonds is 7. The summed E-state index contributed by atoms with van der Waals surface area (Å²) in [6, 6.07) is 5.09. The highest BCUT2D eigenvalue weighted by molar-refractivity contribution is 14.0. The van der Waals surface area contributed by atoms with E-state index in [4.69, 9.17) is 0 Å². The summed E-state index contributed by atoms with van der Waals surface area (Å²) in [5.41, 5.74) is 1.07. The van der Waals surface area contributed by atoms with Gasteiger partial charge in [-0.05, 0) is 53.9 Å². The number of aryl methyl sites for hydroxylation is 1. The van der Waals surface area contributed by atoms with Gasteiger partial charge in [0.05, 0.1) is 9.48 Å². The van der Waals surface area contributed by atoms with Gasteiger partial charge in [0.25, 0.3) is 0 Å². The fourth-order valence-electron chi connectivity index (χ4n) is 2.14. The zero-order chi connectivity index (χ0) is 17.4. The number of nitrogens with zero attached hydrogens (tertiary/aromatic N) is 2. The Bertz CT molecular complexity index is 693. The van der Waals surface area contributed by atoms with E-state index < -0.39 is 0 Å². The molecule has 0 saturated heterocycles. The van der Waals surface area contributed by atoms with Crippen LogP contribution in [0.2, 0.25) is 0 Å². The quantitative estimate of drug-likeness (QED) is 0.312. The molecule has 0 aliphatic rings. The third-order valence-electron chi connectivity index (χ3n) is 3.30. The zero-order valence-corrected chi connectivity index (χ0v) is 19.0. The first-order valence-electron chi connectivity index (χ1n) is 7.96. The third-order valence-corrected chi connectivity index (χ3v) is 4.88. The fraction of sp³-hybridized carbons (Fsp3) is 0.412. The molecule has 8 heteroatoms. The van der Waals surface area contributed by atoms with Crippen molar-refractivity contribution in [3.63, 3.8) is 0 Å². The van der Waals surface area contributed by atoms with Crippen LogP contribution in [0.3, 0.4) is 0 Å². The summed E-state index contributed by atoms with van der Waals surface area (Å²) in [5, 5.41) is 7.66. The number of hydrogen-bond donors (Lipinski definition) is 2. The van der Waals surface area contributed by atoms with E-state index in [0.29, 0.717) is 11.0 Å². The summed E-state index contributed by atoms with van der Waals surface area (Å²) in [6.07, 6.45) is 3.54. The molecule has 0 fully saturated rings. The maximum absolute atomic E-state index is 13.2. The van der Waals surface area contributed by atoms with Crippen molar-refractivity contribution in [3.05, 3.63) is 50.1 Å². The van der Waals surface area contributed by atoms with Crippen molar-refractivity contribution in [1.29, 1.82) is 0 Å². The van der Waals surface area contributed by atoms with E-state index in [-0.39, 0.29) is 29.8 Å². The lowest BCUT2D eigenvalue weighted by Gasteiger charge is -2.11. The molecule has 1 aromatic heterocycles. The van der Waals surface area contributed by atoms with Gasteiger partial charge in [-0.1, -0.05) is 6.07 Å². The lowest BCUT2D eigenvalue weighted by atomic mass is 10.1. The largest absolute Gasteiger partial charge is 0.357 e. The zero-order valence-electron chi connectivity index (χ0n) is 14.3. The highest BCUT2D eigenvalue weighted by atomic mass is 127. The van der Waals surface area contributed by atoms with Crippen molar-refractivity contribution in [2.75, 3.05) is 19.6 Å². The van der Waals surface area contributed by atoms with Crippen molar-refractivity contribution < 1.29 is 4.39 Å². The number of hydrogen-bond acceptors (Lipinski definition) is 3. The van der Waals surface area contributed by atoms with Crippen molar-refractivity contribution in [3.8, 4) is 0 Å². The highest BCUT2D eigenvalue weighted by Gasteiger charge is 2.02. The Morgan fingerprint density at radius 2 is 2.12 bits per heavy atom. The Morgan fingerprint density at radius 3 is 2.76 bits per heavy atom. The molecule has 138 valence electrons. The van der Waals surface area contributed by atoms with E-state index >= 15 is 0 Å². The summed E-state index contributed by atoms with van der Waals surface area (Å²) in [5.74, 6) is 0.561. The number of guanidine groups is 1. The van der Waals surface area contributed by atoms with Gasteiger partial charge < -0.3 is 10.6 Å². The lowest BCUT2D eigenvalue weighted by molar-refractivity contribution is 0.620. The molecule has 1 aromatic carbocycles. The molecule has 0 atom stereocenters. The van der Waals surface area contributed by atoms with Gasteiger partial charge in [0, 0.05) is 37.1 Å². The number of thiazole rings is 1. The molecule has 0 amide bonds. The molecule has 0 bridgehead atoms. The number of benzene rings is 1. The Labute approximate surface area is 177 Å². The first kappa shape index (κ1) is 22.3. The van der Waals surface area contributed by atoms with Crippen molar-refractivity contribution >= 4 is 57.2 Å². The minimum Gasteiger partial charge on any atom is -0.357 e. The van der Waals surface area contributed by atoms with E-state index in [1.807, 2.05) is 19.2 Å². The van der Waals surface area contributed by atoms with Crippen LogP contribution in [0.1, 0.15) is 22.4 Å². The summed E-state index contributed by atoms with van der Waals surface area (Å²) in [4.78, 5) is 10.1. The second kappa shape index (κ2) is 11.8. The van der Waals surface area contributed by atoms with Gasteiger partial charge in [0.2, 0.25) is 0 Å². The molecular formula is C17H23BrFIN4S. The van der Waals surface area contributed by atoms with Gasteiger partial charge in [-0.25, -0.2) is 9.37 Å². The van der Waals surface area contributed by atoms with Crippen LogP contribution < -0.4 is 10.6 Å². The second-order valence-electron chi connectivity index (χ2n) is 5.30. The van der Waals surface area contributed by atoms with Gasteiger partial charge >= 0.3 is 0 Å². The van der Waals surface area contributed by atoms with Crippen molar-refractivity contribution in [2.45, 2.75) is 26.7 Å². The Balaban J connectivity index is 0.00000312.